The molecule has 2 aliphatic rings. The quantitative estimate of drug-likeness (QED) is 0.163. The molecule has 0 aliphatic heterocycles. The van der Waals surface area contributed by atoms with Crippen molar-refractivity contribution in [2.75, 3.05) is 4.90 Å². The lowest BCUT2D eigenvalue weighted by molar-refractivity contribution is 0.545. The molecule has 0 unspecified atom stereocenters. The molecular weight excluding hydrogens is 687 g/mol. The number of hydrogen-bond acceptors (Lipinski definition) is 1. The molecule has 0 aromatic heterocycles. The highest BCUT2D eigenvalue weighted by Gasteiger charge is 2.43. The third-order valence-corrected chi connectivity index (χ3v) is 13.4. The standard InChI is InChI=1S/C56H53N/c1-53(2,3)34-30-46-44-23-17-25-50(52(44)56(9,10)51(46)49(31-34)54(4,5)6)57(36-27-29-43-42-22-15-16-24-47(42)55(7,8)48(43)33-36)35-26-28-41-39-20-12-11-18-37(39)38-19-13-14-21-40(38)45(41)32-35/h11-33H,1-10H3. The van der Waals surface area contributed by atoms with Crippen LogP contribution in [0.4, 0.5) is 17.1 Å². The Balaban J connectivity index is 1.28. The van der Waals surface area contributed by atoms with Crippen LogP contribution in [0.25, 0.3) is 54.6 Å². The van der Waals surface area contributed by atoms with E-state index in [0.29, 0.717) is 0 Å². The molecule has 0 N–H and O–H groups in total. The fourth-order valence-corrected chi connectivity index (χ4v) is 10.6. The summed E-state index contributed by atoms with van der Waals surface area (Å²) in [6.45, 7) is 23.9. The molecule has 10 rings (SSSR count). The van der Waals surface area contributed by atoms with Gasteiger partial charge in [0.25, 0.3) is 0 Å². The van der Waals surface area contributed by atoms with E-state index in [1.807, 2.05) is 0 Å². The first-order valence-corrected chi connectivity index (χ1v) is 20.8. The van der Waals surface area contributed by atoms with E-state index < -0.39 is 0 Å². The molecule has 57 heavy (non-hydrogen) atoms. The Bertz CT molecular complexity index is 2940. The van der Waals surface area contributed by atoms with Gasteiger partial charge in [-0.15, -0.1) is 0 Å². The summed E-state index contributed by atoms with van der Waals surface area (Å²) in [6.07, 6.45) is 0. The Morgan fingerprint density at radius 3 is 1.58 bits per heavy atom. The van der Waals surface area contributed by atoms with E-state index in [1.165, 1.54) is 105 Å². The van der Waals surface area contributed by atoms with Crippen molar-refractivity contribution in [1.82, 2.24) is 0 Å². The van der Waals surface area contributed by atoms with Gasteiger partial charge in [-0.05, 0) is 129 Å². The molecule has 0 saturated heterocycles. The third-order valence-electron chi connectivity index (χ3n) is 13.4. The second kappa shape index (κ2) is 11.9. The Labute approximate surface area is 339 Å². The van der Waals surface area contributed by atoms with Crippen LogP contribution in [0, 0.1) is 0 Å². The van der Waals surface area contributed by atoms with Gasteiger partial charge < -0.3 is 4.90 Å². The van der Waals surface area contributed by atoms with Crippen LogP contribution in [0.15, 0.2) is 140 Å². The summed E-state index contributed by atoms with van der Waals surface area (Å²) in [5.41, 5.74) is 17.1. The van der Waals surface area contributed by atoms with E-state index in [0.717, 1.165) is 0 Å². The summed E-state index contributed by atoms with van der Waals surface area (Å²) >= 11 is 0. The van der Waals surface area contributed by atoms with E-state index in [2.05, 4.69) is 214 Å². The first-order valence-electron chi connectivity index (χ1n) is 20.8. The van der Waals surface area contributed by atoms with Gasteiger partial charge in [-0.1, -0.05) is 178 Å². The SMILES string of the molecule is CC(C)(C)c1cc2c(c(C(C)(C)C)c1)C(C)(C)c1c-2cccc1N(c1ccc2c(c1)C(C)(C)c1ccccc1-2)c1ccc2c3ccccc3c3ccccc3c2c1. The lowest BCUT2D eigenvalue weighted by Gasteiger charge is -2.35. The van der Waals surface area contributed by atoms with Crippen molar-refractivity contribution in [1.29, 1.82) is 0 Å². The van der Waals surface area contributed by atoms with Crippen molar-refractivity contribution >= 4 is 49.4 Å². The zero-order valence-electron chi connectivity index (χ0n) is 35.2. The topological polar surface area (TPSA) is 3.24 Å². The molecule has 0 amide bonds. The predicted molar refractivity (Wildman–Crippen MR) is 246 cm³/mol. The summed E-state index contributed by atoms with van der Waals surface area (Å²) in [6, 6.07) is 53.3. The van der Waals surface area contributed by atoms with Gasteiger partial charge in [-0.25, -0.2) is 0 Å². The van der Waals surface area contributed by atoms with Crippen LogP contribution in [0.2, 0.25) is 0 Å². The van der Waals surface area contributed by atoms with Crippen LogP contribution in [0.3, 0.4) is 0 Å². The van der Waals surface area contributed by atoms with Crippen LogP contribution >= 0.6 is 0 Å². The molecule has 2 aliphatic carbocycles. The van der Waals surface area contributed by atoms with Crippen LogP contribution in [-0.2, 0) is 21.7 Å². The molecule has 8 aromatic rings. The van der Waals surface area contributed by atoms with E-state index in [4.69, 9.17) is 0 Å². The normalized spacial score (nSPS) is 15.1. The summed E-state index contributed by atoms with van der Waals surface area (Å²) < 4.78 is 0. The van der Waals surface area contributed by atoms with Crippen LogP contribution in [0.5, 0.6) is 0 Å². The number of fused-ring (bicyclic) bond motifs is 12. The van der Waals surface area contributed by atoms with Gasteiger partial charge in [-0.3, -0.25) is 0 Å². The highest BCUT2D eigenvalue weighted by atomic mass is 15.1. The Morgan fingerprint density at radius 2 is 0.930 bits per heavy atom. The van der Waals surface area contributed by atoms with E-state index in [-0.39, 0.29) is 21.7 Å². The van der Waals surface area contributed by atoms with Crippen LogP contribution < -0.4 is 4.90 Å². The summed E-state index contributed by atoms with van der Waals surface area (Å²) in [4.78, 5) is 2.58. The van der Waals surface area contributed by atoms with E-state index in [9.17, 15) is 0 Å². The molecule has 282 valence electrons. The lowest BCUT2D eigenvalue weighted by Crippen LogP contribution is -2.26. The van der Waals surface area contributed by atoms with Gasteiger partial charge in [0.1, 0.15) is 0 Å². The maximum absolute atomic E-state index is 2.58. The molecule has 0 bridgehead atoms. The number of hydrogen-bond donors (Lipinski definition) is 0. The summed E-state index contributed by atoms with van der Waals surface area (Å²) in [7, 11) is 0. The van der Waals surface area contributed by atoms with Crippen molar-refractivity contribution < 1.29 is 0 Å². The molecule has 1 nitrogen and oxygen atoms in total. The first-order chi connectivity index (χ1) is 27.1. The molecular formula is C56H53N. The molecule has 0 saturated carbocycles. The van der Waals surface area contributed by atoms with Crippen molar-refractivity contribution in [3.63, 3.8) is 0 Å². The Hall–Kier alpha value is -5.66. The predicted octanol–water partition coefficient (Wildman–Crippen LogP) is 15.8. The maximum Gasteiger partial charge on any atom is 0.0508 e. The third kappa shape index (κ3) is 5.14. The number of anilines is 3. The number of nitrogens with zero attached hydrogens (tertiary/aromatic N) is 1. The van der Waals surface area contributed by atoms with Crippen molar-refractivity contribution in [3.8, 4) is 22.3 Å². The molecule has 0 spiro atoms. The van der Waals surface area contributed by atoms with Gasteiger partial charge in [0.2, 0.25) is 0 Å². The van der Waals surface area contributed by atoms with Crippen molar-refractivity contribution in [2.24, 2.45) is 0 Å². The van der Waals surface area contributed by atoms with Crippen molar-refractivity contribution in [2.45, 2.75) is 90.9 Å². The van der Waals surface area contributed by atoms with Crippen molar-refractivity contribution in [3.05, 3.63) is 173 Å². The monoisotopic (exact) mass is 739 g/mol. The van der Waals surface area contributed by atoms with Gasteiger partial charge in [0, 0.05) is 22.2 Å². The van der Waals surface area contributed by atoms with Gasteiger partial charge >= 0.3 is 0 Å². The molecule has 8 aromatic carbocycles. The number of rotatable bonds is 3. The average Bonchev–Trinajstić information content (AvgIpc) is 3.57. The minimum absolute atomic E-state index is 0.0206. The smallest absolute Gasteiger partial charge is 0.0508 e. The highest BCUT2D eigenvalue weighted by Crippen LogP contribution is 2.58. The fourth-order valence-electron chi connectivity index (χ4n) is 10.6. The molecule has 0 heterocycles. The zero-order chi connectivity index (χ0) is 39.8. The van der Waals surface area contributed by atoms with Gasteiger partial charge in [0.05, 0.1) is 5.69 Å². The highest BCUT2D eigenvalue weighted by molar-refractivity contribution is 6.25. The molecule has 0 fully saturated rings. The van der Waals surface area contributed by atoms with Crippen LogP contribution in [0.1, 0.15) is 103 Å². The maximum atomic E-state index is 2.58. The van der Waals surface area contributed by atoms with E-state index in [1.54, 1.807) is 0 Å². The summed E-state index contributed by atoms with van der Waals surface area (Å²) in [5.74, 6) is 0. The minimum Gasteiger partial charge on any atom is -0.310 e. The second-order valence-corrected chi connectivity index (χ2v) is 19.8. The minimum atomic E-state index is -0.246. The van der Waals surface area contributed by atoms with Crippen LogP contribution in [-0.4, -0.2) is 0 Å². The molecule has 0 atom stereocenters. The van der Waals surface area contributed by atoms with E-state index >= 15 is 0 Å². The lowest BCUT2D eigenvalue weighted by atomic mass is 9.71. The summed E-state index contributed by atoms with van der Waals surface area (Å²) in [5, 5.41) is 7.74. The first kappa shape index (κ1) is 35.7. The zero-order valence-corrected chi connectivity index (χ0v) is 35.2. The molecule has 1 heteroatoms. The average molecular weight is 740 g/mol. The Morgan fingerprint density at radius 1 is 0.386 bits per heavy atom. The Kier molecular flexibility index (Phi) is 7.48. The van der Waals surface area contributed by atoms with Gasteiger partial charge in [-0.2, -0.15) is 0 Å². The second-order valence-electron chi connectivity index (χ2n) is 19.8. The molecule has 0 radical (unpaired) electrons. The number of benzene rings is 8. The largest absolute Gasteiger partial charge is 0.310 e. The fraction of sp³-hybridized carbons (Fsp3) is 0.250. The van der Waals surface area contributed by atoms with Gasteiger partial charge in [0.15, 0.2) is 0 Å².